The molecule has 2 rings (SSSR count). The normalized spacial score (nSPS) is 25.6. The van der Waals surface area contributed by atoms with Gasteiger partial charge in [-0.05, 0) is 12.1 Å². The van der Waals surface area contributed by atoms with Crippen LogP contribution in [0.1, 0.15) is 10.4 Å². The Morgan fingerprint density at radius 1 is 1.27 bits per heavy atom. The molecule has 1 aliphatic rings. The molecule has 5 nitrogen and oxygen atoms in total. The van der Waals surface area contributed by atoms with Crippen LogP contribution in [0, 0.1) is 0 Å². The maximum Gasteiger partial charge on any atom is 0.254 e. The third-order valence-electron chi connectivity index (χ3n) is 2.47. The lowest BCUT2D eigenvalue weighted by Crippen LogP contribution is -2.29. The van der Waals surface area contributed by atoms with Gasteiger partial charge >= 0.3 is 0 Å². The number of aromatic nitrogens is 1. The van der Waals surface area contributed by atoms with Crippen LogP contribution in [0.15, 0.2) is 24.5 Å². The maximum absolute atomic E-state index is 11.8. The number of hydrogen-bond donors (Lipinski definition) is 2. The fourth-order valence-electron chi connectivity index (χ4n) is 1.61. The molecular weight excluding hydrogens is 196 g/mol. The summed E-state index contributed by atoms with van der Waals surface area (Å²) in [5.41, 5.74) is 0.520. The molecule has 0 aliphatic carbocycles. The van der Waals surface area contributed by atoms with Gasteiger partial charge in [0.05, 0.1) is 12.2 Å². The summed E-state index contributed by atoms with van der Waals surface area (Å²) in [6, 6.07) is 3.22. The molecule has 2 heterocycles. The average Bonchev–Trinajstić information content (AvgIpc) is 2.59. The quantitative estimate of drug-likeness (QED) is 0.637. The van der Waals surface area contributed by atoms with Gasteiger partial charge in [-0.15, -0.1) is 0 Å². The number of carbonyl (C=O) groups excluding carboxylic acids is 1. The molecule has 80 valence electrons. The minimum Gasteiger partial charge on any atom is -0.388 e. The van der Waals surface area contributed by atoms with E-state index in [9.17, 15) is 15.0 Å². The van der Waals surface area contributed by atoms with Gasteiger partial charge in [-0.25, -0.2) is 0 Å². The third kappa shape index (κ3) is 1.98. The van der Waals surface area contributed by atoms with Crippen molar-refractivity contribution in [3.63, 3.8) is 0 Å². The fourth-order valence-corrected chi connectivity index (χ4v) is 1.61. The monoisotopic (exact) mass is 208 g/mol. The first-order valence-electron chi connectivity index (χ1n) is 4.74. The molecule has 1 saturated heterocycles. The second-order valence-electron chi connectivity index (χ2n) is 3.58. The predicted molar refractivity (Wildman–Crippen MR) is 52.2 cm³/mol. The molecule has 5 heteroatoms. The van der Waals surface area contributed by atoms with Gasteiger partial charge in [0, 0.05) is 31.0 Å². The highest BCUT2D eigenvalue weighted by atomic mass is 16.3. The summed E-state index contributed by atoms with van der Waals surface area (Å²) in [5, 5.41) is 18.6. The van der Waals surface area contributed by atoms with Crippen LogP contribution in [-0.2, 0) is 0 Å². The van der Waals surface area contributed by atoms with Gasteiger partial charge in [0.25, 0.3) is 5.91 Å². The van der Waals surface area contributed by atoms with Gasteiger partial charge in [0.2, 0.25) is 0 Å². The van der Waals surface area contributed by atoms with Gasteiger partial charge in [-0.3, -0.25) is 9.78 Å². The molecule has 1 aromatic rings. The Balaban J connectivity index is 2.10. The van der Waals surface area contributed by atoms with E-state index in [0.29, 0.717) is 5.56 Å². The van der Waals surface area contributed by atoms with E-state index >= 15 is 0 Å². The Hall–Kier alpha value is -1.46. The number of aliphatic hydroxyl groups excluding tert-OH is 2. The van der Waals surface area contributed by atoms with E-state index in [1.165, 1.54) is 17.3 Å². The molecule has 0 saturated carbocycles. The third-order valence-corrected chi connectivity index (χ3v) is 2.47. The number of nitrogens with zero attached hydrogens (tertiary/aromatic N) is 2. The average molecular weight is 208 g/mol. The summed E-state index contributed by atoms with van der Waals surface area (Å²) in [6.45, 7) is 0.366. The number of likely N-dealkylation sites (tertiary alicyclic amines) is 1. The summed E-state index contributed by atoms with van der Waals surface area (Å²) in [5.74, 6) is -0.187. The lowest BCUT2D eigenvalue weighted by molar-refractivity contribution is 0.0572. The largest absolute Gasteiger partial charge is 0.388 e. The van der Waals surface area contributed by atoms with E-state index in [4.69, 9.17) is 0 Å². The number of amides is 1. The molecule has 0 aromatic carbocycles. The molecule has 2 atom stereocenters. The van der Waals surface area contributed by atoms with E-state index in [1.807, 2.05) is 0 Å². The van der Waals surface area contributed by atoms with Crippen LogP contribution in [0.5, 0.6) is 0 Å². The zero-order valence-corrected chi connectivity index (χ0v) is 8.08. The first-order valence-corrected chi connectivity index (χ1v) is 4.74. The zero-order valence-electron chi connectivity index (χ0n) is 8.08. The molecular formula is C10H12N2O3. The molecule has 1 aliphatic heterocycles. The molecule has 1 amide bonds. The molecule has 1 aromatic heterocycles. The standard InChI is InChI=1S/C10H12N2O3/c13-8-5-12(6-9(8)14)10(15)7-1-3-11-4-2-7/h1-4,8-9,13-14H,5-6H2/t8-,9+. The Kier molecular flexibility index (Phi) is 2.66. The predicted octanol–water partition coefficient (Wildman–Crippen LogP) is -0.741. The van der Waals surface area contributed by atoms with Crippen LogP contribution in [0.25, 0.3) is 0 Å². The van der Waals surface area contributed by atoms with Gasteiger partial charge in [0.1, 0.15) is 0 Å². The number of aliphatic hydroxyl groups is 2. The number of hydrogen-bond acceptors (Lipinski definition) is 4. The molecule has 1 fully saturated rings. The zero-order chi connectivity index (χ0) is 10.8. The van der Waals surface area contributed by atoms with Crippen LogP contribution >= 0.6 is 0 Å². The van der Waals surface area contributed by atoms with Gasteiger partial charge in [0.15, 0.2) is 0 Å². The minimum absolute atomic E-state index is 0.183. The van der Waals surface area contributed by atoms with Crippen LogP contribution in [0.2, 0.25) is 0 Å². The Morgan fingerprint density at radius 3 is 2.33 bits per heavy atom. The molecule has 0 unspecified atom stereocenters. The summed E-state index contributed by atoms with van der Waals surface area (Å²) in [4.78, 5) is 17.1. The highest BCUT2D eigenvalue weighted by Gasteiger charge is 2.32. The van der Waals surface area contributed by atoms with Crippen molar-refractivity contribution in [2.45, 2.75) is 12.2 Å². The summed E-state index contributed by atoms with van der Waals surface area (Å²) >= 11 is 0. The van der Waals surface area contributed by atoms with Gasteiger partial charge in [-0.1, -0.05) is 0 Å². The lowest BCUT2D eigenvalue weighted by Gasteiger charge is -2.14. The van der Waals surface area contributed by atoms with Crippen LogP contribution in [0.3, 0.4) is 0 Å². The fraction of sp³-hybridized carbons (Fsp3) is 0.400. The highest BCUT2D eigenvalue weighted by molar-refractivity contribution is 5.94. The van der Waals surface area contributed by atoms with Crippen LogP contribution in [-0.4, -0.2) is 51.3 Å². The van der Waals surface area contributed by atoms with Crippen molar-refractivity contribution in [1.29, 1.82) is 0 Å². The van der Waals surface area contributed by atoms with Crippen molar-refractivity contribution >= 4 is 5.91 Å². The maximum atomic E-state index is 11.8. The van der Waals surface area contributed by atoms with Crippen molar-refractivity contribution in [2.75, 3.05) is 13.1 Å². The minimum atomic E-state index is -0.837. The molecule has 2 N–H and O–H groups in total. The van der Waals surface area contributed by atoms with E-state index in [0.717, 1.165) is 0 Å². The van der Waals surface area contributed by atoms with E-state index in [1.54, 1.807) is 12.1 Å². The SMILES string of the molecule is O=C(c1ccncc1)N1C[C@@H](O)[C@@H](O)C1. The molecule has 0 radical (unpaired) electrons. The summed E-state index contributed by atoms with van der Waals surface area (Å²) in [6.07, 6.45) is 1.40. The lowest BCUT2D eigenvalue weighted by atomic mass is 10.2. The van der Waals surface area contributed by atoms with Crippen LogP contribution in [0.4, 0.5) is 0 Å². The Bertz CT molecular complexity index is 345. The van der Waals surface area contributed by atoms with E-state index < -0.39 is 12.2 Å². The molecule has 0 spiro atoms. The second-order valence-corrected chi connectivity index (χ2v) is 3.58. The van der Waals surface area contributed by atoms with Gasteiger partial charge in [-0.2, -0.15) is 0 Å². The Labute approximate surface area is 87.0 Å². The smallest absolute Gasteiger partial charge is 0.254 e. The van der Waals surface area contributed by atoms with Crippen molar-refractivity contribution in [3.05, 3.63) is 30.1 Å². The van der Waals surface area contributed by atoms with Crippen molar-refractivity contribution in [1.82, 2.24) is 9.88 Å². The summed E-state index contributed by atoms with van der Waals surface area (Å²) < 4.78 is 0. The van der Waals surface area contributed by atoms with Crippen LogP contribution < -0.4 is 0 Å². The van der Waals surface area contributed by atoms with E-state index in [-0.39, 0.29) is 19.0 Å². The molecule has 0 bridgehead atoms. The topological polar surface area (TPSA) is 73.7 Å². The number of pyridine rings is 1. The van der Waals surface area contributed by atoms with Crippen molar-refractivity contribution in [2.24, 2.45) is 0 Å². The van der Waals surface area contributed by atoms with Crippen molar-refractivity contribution in [3.8, 4) is 0 Å². The summed E-state index contributed by atoms with van der Waals surface area (Å²) in [7, 11) is 0. The first kappa shape index (κ1) is 10.1. The Morgan fingerprint density at radius 2 is 1.80 bits per heavy atom. The first-order chi connectivity index (χ1) is 7.18. The second kappa shape index (κ2) is 3.96. The highest BCUT2D eigenvalue weighted by Crippen LogP contribution is 2.13. The number of carbonyl (C=O) groups is 1. The number of rotatable bonds is 1. The van der Waals surface area contributed by atoms with E-state index in [2.05, 4.69) is 4.98 Å². The number of β-amino-alcohol motifs (C(OH)–C–C–N with tert-alkyl or cyclic N) is 2. The van der Waals surface area contributed by atoms with Crippen molar-refractivity contribution < 1.29 is 15.0 Å². The molecule has 15 heavy (non-hydrogen) atoms. The van der Waals surface area contributed by atoms with Gasteiger partial charge < -0.3 is 15.1 Å².